The molecule has 2 aromatic carbocycles. The molecule has 358 valence electrons. The number of pyridine rings is 1. The first-order valence-electron chi connectivity index (χ1n) is 23.7. The summed E-state index contributed by atoms with van der Waals surface area (Å²) >= 11 is 0. The summed E-state index contributed by atoms with van der Waals surface area (Å²) < 4.78 is 18.2. The van der Waals surface area contributed by atoms with Crippen molar-refractivity contribution in [3.05, 3.63) is 118 Å². The van der Waals surface area contributed by atoms with Crippen molar-refractivity contribution in [2.45, 2.75) is 104 Å². The van der Waals surface area contributed by atoms with Crippen molar-refractivity contribution in [2.24, 2.45) is 12.5 Å². The molecule has 2 saturated heterocycles. The van der Waals surface area contributed by atoms with Gasteiger partial charge in [0.2, 0.25) is 5.91 Å². The zero-order valence-electron chi connectivity index (χ0n) is 40.1. The fourth-order valence-electron chi connectivity index (χ4n) is 11.0. The second-order valence-corrected chi connectivity index (χ2v) is 20.4. The van der Waals surface area contributed by atoms with Crippen LogP contribution < -0.4 is 30.9 Å². The maximum absolute atomic E-state index is 14.6. The third-order valence-corrected chi connectivity index (χ3v) is 14.4. The van der Waals surface area contributed by atoms with E-state index in [1.54, 1.807) is 62.5 Å². The number of piperazine rings is 1. The first kappa shape index (κ1) is 46.7. The van der Waals surface area contributed by atoms with E-state index in [9.17, 15) is 29.0 Å². The van der Waals surface area contributed by atoms with E-state index in [1.165, 1.54) is 28.0 Å². The van der Waals surface area contributed by atoms with Crippen LogP contribution in [0, 0.1) is 11.2 Å². The van der Waals surface area contributed by atoms with Crippen LogP contribution in [-0.4, -0.2) is 96.9 Å². The summed E-state index contributed by atoms with van der Waals surface area (Å²) in [6.45, 7) is 19.5. The Bertz CT molecular complexity index is 2870. The van der Waals surface area contributed by atoms with Gasteiger partial charge in [0, 0.05) is 111 Å². The van der Waals surface area contributed by atoms with Gasteiger partial charge in [0.15, 0.2) is 5.82 Å². The standard InChI is InChI=1S/C52H63FN10O5/c1-9-46(65)56-41-24-34(10-13-43(41)61-19-18-59(28-32(61)3)35-15-17-60(31(2)22-35)36-11-12-40(53)39(25-36)52(6,7)68)55-47-50(67)58(8)29-42(57-47)37-14-16-54-48(38(37)30-64)63-21-20-62-44(49(63)66)23-33-26-51(4,5)27-45(33)62/h9-14,16,23-25,29,31-32,35,64,68H,1,15,17-22,26-28,30H2,2-8H3,(H,55,57)(H,56,65)/t31-,32+,35?/m1/s1. The van der Waals surface area contributed by atoms with Crippen molar-refractivity contribution >= 4 is 46.2 Å². The van der Waals surface area contributed by atoms with Gasteiger partial charge in [0.25, 0.3) is 11.5 Å². The van der Waals surface area contributed by atoms with Gasteiger partial charge in [0.05, 0.1) is 29.3 Å². The highest BCUT2D eigenvalue weighted by Crippen LogP contribution is 2.41. The normalized spacial score (nSPS) is 20.6. The van der Waals surface area contributed by atoms with Crippen LogP contribution in [-0.2, 0) is 43.4 Å². The van der Waals surface area contributed by atoms with Gasteiger partial charge in [-0.15, -0.1) is 0 Å². The van der Waals surface area contributed by atoms with E-state index in [1.807, 2.05) is 18.2 Å². The van der Waals surface area contributed by atoms with E-state index in [0.29, 0.717) is 70.9 Å². The van der Waals surface area contributed by atoms with Gasteiger partial charge in [-0.3, -0.25) is 24.2 Å². The van der Waals surface area contributed by atoms with Crippen molar-refractivity contribution in [2.75, 3.05) is 58.1 Å². The number of piperidine rings is 1. The molecular formula is C52H63FN10O5. The second-order valence-electron chi connectivity index (χ2n) is 20.4. The van der Waals surface area contributed by atoms with Crippen LogP contribution in [0.15, 0.2) is 78.4 Å². The average molecular weight is 927 g/mol. The highest BCUT2D eigenvalue weighted by Gasteiger charge is 2.39. The quantitative estimate of drug-likeness (QED) is 0.104. The summed E-state index contributed by atoms with van der Waals surface area (Å²) in [5.74, 6) is -0.570. The number of rotatable bonds is 11. The highest BCUT2D eigenvalue weighted by molar-refractivity contribution is 6.06. The number of benzene rings is 2. The summed E-state index contributed by atoms with van der Waals surface area (Å²) in [5, 5.41) is 27.6. The number of aryl methyl sites for hydroxylation is 1. The molecule has 0 spiro atoms. The van der Waals surface area contributed by atoms with Crippen molar-refractivity contribution in [1.82, 2.24) is 24.0 Å². The maximum Gasteiger partial charge on any atom is 0.293 e. The Labute approximate surface area is 396 Å². The molecule has 0 saturated carbocycles. The van der Waals surface area contributed by atoms with Crippen molar-refractivity contribution in [3.63, 3.8) is 0 Å². The summed E-state index contributed by atoms with van der Waals surface area (Å²) in [5.41, 5.74) is 6.01. The number of aliphatic hydroxyl groups excluding tert-OH is 1. The number of halogens is 1. The highest BCUT2D eigenvalue weighted by atomic mass is 19.1. The lowest BCUT2D eigenvalue weighted by molar-refractivity contribution is -0.111. The molecule has 0 bridgehead atoms. The lowest BCUT2D eigenvalue weighted by atomic mass is 9.90. The number of fused-ring (bicyclic) bond motifs is 3. The fourth-order valence-corrected chi connectivity index (χ4v) is 11.0. The third kappa shape index (κ3) is 8.80. The smallest absolute Gasteiger partial charge is 0.293 e. The summed E-state index contributed by atoms with van der Waals surface area (Å²) in [7, 11) is 1.63. The summed E-state index contributed by atoms with van der Waals surface area (Å²) in [6.07, 6.45) is 8.14. The molecule has 3 atom stereocenters. The Morgan fingerprint density at radius 2 is 1.79 bits per heavy atom. The fraction of sp³-hybridized carbons (Fsp3) is 0.442. The number of nitrogens with one attached hydrogen (secondary N) is 2. The zero-order valence-corrected chi connectivity index (χ0v) is 40.1. The van der Waals surface area contributed by atoms with Gasteiger partial charge in [-0.1, -0.05) is 20.4 Å². The number of carbonyl (C=O) groups is 2. The molecule has 0 radical (unpaired) electrons. The number of anilines is 6. The van der Waals surface area contributed by atoms with E-state index >= 15 is 0 Å². The number of hydrogen-bond donors (Lipinski definition) is 4. The van der Waals surface area contributed by atoms with E-state index < -0.39 is 18.0 Å². The second kappa shape index (κ2) is 17.9. The maximum atomic E-state index is 14.6. The molecule has 3 aliphatic heterocycles. The van der Waals surface area contributed by atoms with Crippen molar-refractivity contribution in [1.29, 1.82) is 0 Å². The first-order valence-corrected chi connectivity index (χ1v) is 23.7. The average Bonchev–Trinajstić information content (AvgIpc) is 3.79. The third-order valence-electron chi connectivity index (χ3n) is 14.4. The Hall–Kier alpha value is -6.36. The molecule has 1 unspecified atom stereocenters. The van der Waals surface area contributed by atoms with Crippen LogP contribution in [0.2, 0.25) is 0 Å². The molecular weight excluding hydrogens is 864 g/mol. The van der Waals surface area contributed by atoms with E-state index in [4.69, 9.17) is 4.98 Å². The topological polar surface area (TPSA) is 164 Å². The molecule has 5 aromatic rings. The van der Waals surface area contributed by atoms with Gasteiger partial charge < -0.3 is 39.8 Å². The van der Waals surface area contributed by atoms with Crippen LogP contribution in [0.3, 0.4) is 0 Å². The SMILES string of the molecule is C=CC(=O)Nc1cc(Nc2nc(-c3ccnc(N4CCn5c(cc6c5CC(C)(C)C6)C4=O)c3CO)cn(C)c2=O)ccc1N1CCN(C2CCN(c3ccc(F)c(C(C)(C)O)c3)[C@H](C)C2)C[C@@H]1C. The molecule has 4 N–H and O–H groups in total. The van der Waals surface area contributed by atoms with Gasteiger partial charge in [0.1, 0.15) is 17.3 Å². The molecule has 3 aromatic heterocycles. The van der Waals surface area contributed by atoms with Gasteiger partial charge in [-0.25, -0.2) is 14.4 Å². The molecule has 16 heteroatoms. The van der Waals surface area contributed by atoms with E-state index in [2.05, 4.69) is 69.2 Å². The van der Waals surface area contributed by atoms with E-state index in [0.717, 1.165) is 56.7 Å². The molecule has 15 nitrogen and oxygen atoms in total. The predicted molar refractivity (Wildman–Crippen MR) is 264 cm³/mol. The minimum Gasteiger partial charge on any atom is -0.392 e. The Morgan fingerprint density at radius 3 is 2.51 bits per heavy atom. The monoisotopic (exact) mass is 926 g/mol. The number of carbonyl (C=O) groups excluding carboxylic acids is 2. The molecule has 6 heterocycles. The minimum atomic E-state index is -1.28. The number of nitrogens with zero attached hydrogens (tertiary/aromatic N) is 8. The van der Waals surface area contributed by atoms with Crippen molar-refractivity contribution < 1.29 is 24.2 Å². The summed E-state index contributed by atoms with van der Waals surface area (Å²) in [4.78, 5) is 58.8. The van der Waals surface area contributed by atoms with Crippen LogP contribution in [0.25, 0.3) is 11.3 Å². The molecule has 9 rings (SSSR count). The molecule has 2 fully saturated rings. The zero-order chi connectivity index (χ0) is 48.4. The van der Waals surface area contributed by atoms with Crippen LogP contribution in [0.4, 0.5) is 38.8 Å². The van der Waals surface area contributed by atoms with Crippen LogP contribution in [0.5, 0.6) is 0 Å². The van der Waals surface area contributed by atoms with Gasteiger partial charge in [-0.05, 0) is 119 Å². The predicted octanol–water partition coefficient (Wildman–Crippen LogP) is 6.72. The van der Waals surface area contributed by atoms with Crippen molar-refractivity contribution in [3.8, 4) is 11.3 Å². The lowest BCUT2D eigenvalue weighted by Gasteiger charge is -2.48. The number of hydrogen-bond acceptors (Lipinski definition) is 11. The van der Waals surface area contributed by atoms with E-state index in [-0.39, 0.29) is 40.7 Å². The minimum absolute atomic E-state index is 0.0321. The lowest BCUT2D eigenvalue weighted by Crippen LogP contribution is -2.58. The van der Waals surface area contributed by atoms with Crippen LogP contribution >= 0.6 is 0 Å². The van der Waals surface area contributed by atoms with Gasteiger partial charge >= 0.3 is 0 Å². The largest absolute Gasteiger partial charge is 0.392 e. The number of aromatic nitrogens is 4. The molecule has 4 aliphatic rings. The van der Waals surface area contributed by atoms with Crippen LogP contribution in [0.1, 0.15) is 87.3 Å². The molecule has 1 aliphatic carbocycles. The number of amides is 2. The first-order chi connectivity index (χ1) is 32.3. The Balaban J connectivity index is 0.922. The van der Waals surface area contributed by atoms with Gasteiger partial charge in [-0.2, -0.15) is 0 Å². The molecule has 2 amide bonds. The summed E-state index contributed by atoms with van der Waals surface area (Å²) in [6, 6.07) is 15.0. The Morgan fingerprint density at radius 1 is 1.00 bits per heavy atom. The Kier molecular flexibility index (Phi) is 12.3. The number of aliphatic hydroxyl groups is 2. The molecule has 68 heavy (non-hydrogen) atoms.